The van der Waals surface area contributed by atoms with Gasteiger partial charge in [-0.1, -0.05) is 18.2 Å². The summed E-state index contributed by atoms with van der Waals surface area (Å²) >= 11 is 0. The molecule has 2 aromatic rings. The van der Waals surface area contributed by atoms with Gasteiger partial charge in [-0.2, -0.15) is 5.10 Å². The zero-order chi connectivity index (χ0) is 18.9. The number of aromatic nitrogens is 2. The number of amides is 2. The van der Waals surface area contributed by atoms with Gasteiger partial charge in [0.15, 0.2) is 0 Å². The molecule has 0 saturated heterocycles. The van der Waals surface area contributed by atoms with Gasteiger partial charge in [0.25, 0.3) is 11.5 Å². The van der Waals surface area contributed by atoms with E-state index in [-0.39, 0.29) is 24.1 Å². The molecule has 7 nitrogen and oxygen atoms in total. The van der Waals surface area contributed by atoms with Gasteiger partial charge < -0.3 is 10.2 Å². The Morgan fingerprint density at radius 1 is 1.15 bits per heavy atom. The maximum Gasteiger partial charge on any atom is 0.278 e. The van der Waals surface area contributed by atoms with Gasteiger partial charge in [0, 0.05) is 23.8 Å². The lowest BCUT2D eigenvalue weighted by atomic mass is 10.1. The molecular formula is C19H22N4O3. The highest BCUT2D eigenvalue weighted by Gasteiger charge is 2.26. The van der Waals surface area contributed by atoms with E-state index < -0.39 is 11.1 Å². The summed E-state index contributed by atoms with van der Waals surface area (Å²) in [6.45, 7) is 5.90. The van der Waals surface area contributed by atoms with Crippen LogP contribution in [0.15, 0.2) is 41.2 Å². The van der Waals surface area contributed by atoms with Crippen molar-refractivity contribution < 1.29 is 9.59 Å². The lowest BCUT2D eigenvalue weighted by Gasteiger charge is -2.21. The first-order valence-electron chi connectivity index (χ1n) is 8.53. The van der Waals surface area contributed by atoms with Crippen LogP contribution in [0.2, 0.25) is 0 Å². The largest absolute Gasteiger partial charge is 0.350 e. The minimum Gasteiger partial charge on any atom is -0.350 e. The van der Waals surface area contributed by atoms with E-state index in [1.165, 1.54) is 12.1 Å². The van der Waals surface area contributed by atoms with Crippen molar-refractivity contribution in [1.29, 1.82) is 0 Å². The van der Waals surface area contributed by atoms with Gasteiger partial charge in [0.05, 0.1) is 0 Å². The molecule has 0 saturated carbocycles. The fourth-order valence-corrected chi connectivity index (χ4v) is 2.96. The second-order valence-electron chi connectivity index (χ2n) is 7.35. The molecule has 0 unspecified atom stereocenters. The first kappa shape index (κ1) is 17.8. The first-order chi connectivity index (χ1) is 12.2. The smallest absolute Gasteiger partial charge is 0.278 e. The van der Waals surface area contributed by atoms with Crippen LogP contribution in [0.25, 0.3) is 0 Å². The molecule has 0 aliphatic carbocycles. The fraction of sp³-hybridized carbons (Fsp3) is 0.368. The van der Waals surface area contributed by atoms with Crippen LogP contribution in [0.4, 0.5) is 5.69 Å². The normalized spacial score (nSPS) is 13.4. The van der Waals surface area contributed by atoms with Crippen LogP contribution in [0.3, 0.4) is 0 Å². The molecule has 1 aliphatic heterocycles. The highest BCUT2D eigenvalue weighted by Crippen LogP contribution is 2.28. The van der Waals surface area contributed by atoms with Gasteiger partial charge >= 0.3 is 0 Å². The van der Waals surface area contributed by atoms with Crippen molar-refractivity contribution in [3.63, 3.8) is 0 Å². The number of benzene rings is 1. The van der Waals surface area contributed by atoms with Gasteiger partial charge in [-0.25, -0.2) is 4.68 Å². The Labute approximate surface area is 151 Å². The number of para-hydroxylation sites is 1. The molecule has 0 atom stereocenters. The molecule has 1 aliphatic rings. The minimum atomic E-state index is -0.424. The molecule has 2 heterocycles. The summed E-state index contributed by atoms with van der Waals surface area (Å²) in [5.41, 5.74) is 1.28. The molecule has 1 aromatic heterocycles. The number of nitrogens with zero attached hydrogens (tertiary/aromatic N) is 3. The van der Waals surface area contributed by atoms with E-state index in [1.807, 2.05) is 45.0 Å². The molecule has 0 bridgehead atoms. The summed E-state index contributed by atoms with van der Waals surface area (Å²) in [6, 6.07) is 10.4. The van der Waals surface area contributed by atoms with Crippen molar-refractivity contribution >= 4 is 17.5 Å². The molecule has 26 heavy (non-hydrogen) atoms. The maximum atomic E-state index is 12.8. The topological polar surface area (TPSA) is 84.3 Å². The van der Waals surface area contributed by atoms with Gasteiger partial charge in [-0.05, 0) is 44.9 Å². The van der Waals surface area contributed by atoms with Gasteiger partial charge in [-0.3, -0.25) is 14.4 Å². The van der Waals surface area contributed by atoms with Crippen LogP contribution < -0.4 is 15.8 Å². The number of rotatable bonds is 3. The van der Waals surface area contributed by atoms with Crippen molar-refractivity contribution in [2.75, 3.05) is 11.4 Å². The van der Waals surface area contributed by atoms with E-state index in [0.717, 1.165) is 22.4 Å². The molecule has 0 spiro atoms. The third-order valence-electron chi connectivity index (χ3n) is 4.03. The quantitative estimate of drug-likeness (QED) is 0.902. The molecule has 136 valence electrons. The minimum absolute atomic E-state index is 0.143. The summed E-state index contributed by atoms with van der Waals surface area (Å²) in [4.78, 5) is 38.6. The zero-order valence-electron chi connectivity index (χ0n) is 15.2. The van der Waals surface area contributed by atoms with Crippen LogP contribution in [0.5, 0.6) is 0 Å². The summed E-state index contributed by atoms with van der Waals surface area (Å²) in [7, 11) is 0. The number of fused-ring (bicyclic) bond motifs is 1. The second kappa shape index (κ2) is 6.74. The summed E-state index contributed by atoms with van der Waals surface area (Å²) in [6.07, 6.45) is 0.787. The molecule has 1 N–H and O–H groups in total. The highest BCUT2D eigenvalue weighted by molar-refractivity contribution is 6.05. The average Bonchev–Trinajstić information content (AvgIpc) is 2.98. The molecule has 1 aromatic carbocycles. The molecule has 7 heteroatoms. The number of hydrogen-bond donors (Lipinski definition) is 1. The lowest BCUT2D eigenvalue weighted by Crippen LogP contribution is -2.44. The predicted molar refractivity (Wildman–Crippen MR) is 98.2 cm³/mol. The monoisotopic (exact) mass is 354 g/mol. The zero-order valence-corrected chi connectivity index (χ0v) is 15.2. The van der Waals surface area contributed by atoms with Crippen LogP contribution in [0.1, 0.15) is 36.8 Å². The number of anilines is 1. The predicted octanol–water partition coefficient (Wildman–Crippen LogP) is 1.36. The van der Waals surface area contributed by atoms with Crippen LogP contribution >= 0.6 is 0 Å². The third kappa shape index (κ3) is 3.82. The summed E-state index contributed by atoms with van der Waals surface area (Å²) in [5.74, 6) is -0.608. The first-order valence-corrected chi connectivity index (χ1v) is 8.53. The van der Waals surface area contributed by atoms with E-state index >= 15 is 0 Å². The van der Waals surface area contributed by atoms with E-state index in [1.54, 1.807) is 4.90 Å². The molecule has 3 rings (SSSR count). The van der Waals surface area contributed by atoms with Crippen molar-refractivity contribution in [3.05, 3.63) is 58.0 Å². The Kier molecular flexibility index (Phi) is 4.63. The van der Waals surface area contributed by atoms with Crippen molar-refractivity contribution in [2.24, 2.45) is 0 Å². The van der Waals surface area contributed by atoms with E-state index in [4.69, 9.17) is 0 Å². The third-order valence-corrected chi connectivity index (χ3v) is 4.03. The SMILES string of the molecule is CC(C)(C)NC(=O)Cn1nc(C(=O)N2CCc3ccccc32)ccc1=O. The van der Waals surface area contributed by atoms with Crippen molar-refractivity contribution in [2.45, 2.75) is 39.3 Å². The van der Waals surface area contributed by atoms with Crippen LogP contribution in [-0.4, -0.2) is 33.7 Å². The fourth-order valence-electron chi connectivity index (χ4n) is 2.96. The number of carbonyl (C=O) groups excluding carboxylic acids is 2. The van der Waals surface area contributed by atoms with Gasteiger partial charge in [-0.15, -0.1) is 0 Å². The molecule has 2 amide bonds. The summed E-state index contributed by atoms with van der Waals surface area (Å²) in [5, 5.41) is 6.89. The Bertz CT molecular complexity index is 911. The highest BCUT2D eigenvalue weighted by atomic mass is 16.2. The van der Waals surface area contributed by atoms with E-state index in [9.17, 15) is 14.4 Å². The van der Waals surface area contributed by atoms with Gasteiger partial charge in [0.2, 0.25) is 5.91 Å². The van der Waals surface area contributed by atoms with Gasteiger partial charge in [0.1, 0.15) is 12.2 Å². The Morgan fingerprint density at radius 3 is 2.62 bits per heavy atom. The lowest BCUT2D eigenvalue weighted by molar-refractivity contribution is -0.123. The molecule has 0 fully saturated rings. The Balaban J connectivity index is 1.83. The number of carbonyl (C=O) groups is 2. The second-order valence-corrected chi connectivity index (χ2v) is 7.35. The standard InChI is InChI=1S/C19H22N4O3/c1-19(2,3)20-16(24)12-23-17(25)9-8-14(21-23)18(26)22-11-10-13-6-4-5-7-15(13)22/h4-9H,10-12H2,1-3H3,(H,20,24). The average molecular weight is 354 g/mol. The van der Waals surface area contributed by atoms with E-state index in [0.29, 0.717) is 6.54 Å². The van der Waals surface area contributed by atoms with Crippen molar-refractivity contribution in [3.8, 4) is 0 Å². The number of nitrogens with one attached hydrogen (secondary N) is 1. The van der Waals surface area contributed by atoms with Crippen LogP contribution in [-0.2, 0) is 17.8 Å². The number of hydrogen-bond acceptors (Lipinski definition) is 4. The Hall–Kier alpha value is -2.96. The van der Waals surface area contributed by atoms with E-state index in [2.05, 4.69) is 10.4 Å². The summed E-state index contributed by atoms with van der Waals surface area (Å²) < 4.78 is 1.02. The molecular weight excluding hydrogens is 332 g/mol. The van der Waals surface area contributed by atoms with Crippen LogP contribution in [0, 0.1) is 0 Å². The Morgan fingerprint density at radius 2 is 1.88 bits per heavy atom. The maximum absolute atomic E-state index is 12.8. The van der Waals surface area contributed by atoms with Crippen molar-refractivity contribution in [1.82, 2.24) is 15.1 Å². The molecule has 0 radical (unpaired) electrons.